The Balaban J connectivity index is 2.14. The summed E-state index contributed by atoms with van der Waals surface area (Å²) in [6, 6.07) is 9.23. The van der Waals surface area contributed by atoms with Gasteiger partial charge in [-0.1, -0.05) is 32.0 Å². The monoisotopic (exact) mass is 262 g/mol. The first-order valence-electron chi connectivity index (χ1n) is 7.36. The molecule has 106 valence electrons. The number of ether oxygens (including phenoxy) is 1. The molecule has 0 fully saturated rings. The SMILES string of the molecule is CCOCCN1CC(C(C)C)NCc2ccccc21. The van der Waals surface area contributed by atoms with Crippen LogP contribution in [0.3, 0.4) is 0 Å². The van der Waals surface area contributed by atoms with Gasteiger partial charge in [-0.05, 0) is 24.5 Å². The van der Waals surface area contributed by atoms with E-state index in [2.05, 4.69) is 55.3 Å². The van der Waals surface area contributed by atoms with E-state index in [0.29, 0.717) is 12.0 Å². The van der Waals surface area contributed by atoms with Crippen molar-refractivity contribution in [1.29, 1.82) is 0 Å². The first-order chi connectivity index (χ1) is 9.22. The lowest BCUT2D eigenvalue weighted by atomic mass is 10.0. The fraction of sp³-hybridized carbons (Fsp3) is 0.625. The van der Waals surface area contributed by atoms with Gasteiger partial charge in [-0.25, -0.2) is 0 Å². The van der Waals surface area contributed by atoms with Crippen molar-refractivity contribution in [1.82, 2.24) is 5.32 Å². The fourth-order valence-corrected chi connectivity index (χ4v) is 2.59. The lowest BCUT2D eigenvalue weighted by molar-refractivity contribution is 0.153. The van der Waals surface area contributed by atoms with Crippen LogP contribution in [0.1, 0.15) is 26.3 Å². The number of hydrogen-bond donors (Lipinski definition) is 1. The molecule has 1 heterocycles. The Morgan fingerprint density at radius 2 is 2.16 bits per heavy atom. The van der Waals surface area contributed by atoms with Crippen LogP contribution in [0.4, 0.5) is 5.69 Å². The molecule has 0 amide bonds. The van der Waals surface area contributed by atoms with Crippen LogP contribution in [0.5, 0.6) is 0 Å². The number of rotatable bonds is 5. The molecule has 0 bridgehead atoms. The Kier molecular flexibility index (Phi) is 5.23. The van der Waals surface area contributed by atoms with Crippen LogP contribution >= 0.6 is 0 Å². The van der Waals surface area contributed by atoms with E-state index in [-0.39, 0.29) is 0 Å². The zero-order chi connectivity index (χ0) is 13.7. The smallest absolute Gasteiger partial charge is 0.0641 e. The lowest BCUT2D eigenvalue weighted by Gasteiger charge is -2.29. The van der Waals surface area contributed by atoms with E-state index < -0.39 is 0 Å². The maximum Gasteiger partial charge on any atom is 0.0641 e. The predicted octanol–water partition coefficient (Wildman–Crippen LogP) is 2.66. The Labute approximate surface area is 116 Å². The molecule has 3 nitrogen and oxygen atoms in total. The minimum Gasteiger partial charge on any atom is -0.380 e. The molecule has 1 aliphatic rings. The van der Waals surface area contributed by atoms with Crippen LogP contribution in [0.2, 0.25) is 0 Å². The average Bonchev–Trinajstić information content (AvgIpc) is 2.59. The molecule has 1 aromatic rings. The van der Waals surface area contributed by atoms with Gasteiger partial charge in [0.2, 0.25) is 0 Å². The van der Waals surface area contributed by atoms with Crippen LogP contribution in [-0.4, -0.2) is 32.3 Å². The van der Waals surface area contributed by atoms with Crippen molar-refractivity contribution in [3.8, 4) is 0 Å². The van der Waals surface area contributed by atoms with Gasteiger partial charge in [-0.3, -0.25) is 0 Å². The van der Waals surface area contributed by atoms with Gasteiger partial charge in [-0.15, -0.1) is 0 Å². The minimum absolute atomic E-state index is 0.536. The quantitative estimate of drug-likeness (QED) is 0.826. The number of nitrogens with one attached hydrogen (secondary N) is 1. The van der Waals surface area contributed by atoms with Crippen molar-refractivity contribution in [3.63, 3.8) is 0 Å². The second-order valence-electron chi connectivity index (χ2n) is 5.50. The average molecular weight is 262 g/mol. The Hall–Kier alpha value is -1.06. The van der Waals surface area contributed by atoms with E-state index in [1.165, 1.54) is 11.3 Å². The highest BCUT2D eigenvalue weighted by molar-refractivity contribution is 5.54. The van der Waals surface area contributed by atoms with Gasteiger partial charge >= 0.3 is 0 Å². The van der Waals surface area contributed by atoms with Gasteiger partial charge < -0.3 is 15.0 Å². The van der Waals surface area contributed by atoms with E-state index >= 15 is 0 Å². The summed E-state index contributed by atoms with van der Waals surface area (Å²) in [5.41, 5.74) is 2.75. The molecule has 3 heteroatoms. The Bertz CT molecular complexity index is 392. The van der Waals surface area contributed by atoms with Crippen LogP contribution in [0, 0.1) is 5.92 Å². The summed E-state index contributed by atoms with van der Waals surface area (Å²) in [6.45, 7) is 11.2. The van der Waals surface area contributed by atoms with Crippen molar-refractivity contribution in [3.05, 3.63) is 29.8 Å². The molecular weight excluding hydrogens is 236 g/mol. The Morgan fingerprint density at radius 3 is 2.89 bits per heavy atom. The third-order valence-corrected chi connectivity index (χ3v) is 3.82. The zero-order valence-corrected chi connectivity index (χ0v) is 12.4. The number of nitrogens with zero attached hydrogens (tertiary/aromatic N) is 1. The van der Waals surface area contributed by atoms with E-state index in [1.807, 2.05) is 0 Å². The van der Waals surface area contributed by atoms with Crippen molar-refractivity contribution in [2.24, 2.45) is 5.92 Å². The molecule has 19 heavy (non-hydrogen) atoms. The summed E-state index contributed by atoms with van der Waals surface area (Å²) in [6.07, 6.45) is 0. The number of fused-ring (bicyclic) bond motifs is 1. The highest BCUT2D eigenvalue weighted by atomic mass is 16.5. The Morgan fingerprint density at radius 1 is 1.37 bits per heavy atom. The molecule has 2 rings (SSSR count). The third kappa shape index (κ3) is 3.71. The maximum absolute atomic E-state index is 5.53. The highest BCUT2D eigenvalue weighted by Crippen LogP contribution is 2.24. The van der Waals surface area contributed by atoms with Crippen LogP contribution in [0.15, 0.2) is 24.3 Å². The largest absolute Gasteiger partial charge is 0.380 e. The topological polar surface area (TPSA) is 24.5 Å². The van der Waals surface area contributed by atoms with Gasteiger partial charge in [0.15, 0.2) is 0 Å². The molecule has 0 saturated carbocycles. The fourth-order valence-electron chi connectivity index (χ4n) is 2.59. The summed E-state index contributed by atoms with van der Waals surface area (Å²) < 4.78 is 5.53. The van der Waals surface area contributed by atoms with E-state index in [9.17, 15) is 0 Å². The van der Waals surface area contributed by atoms with E-state index in [1.54, 1.807) is 0 Å². The minimum atomic E-state index is 0.536. The van der Waals surface area contributed by atoms with Crippen LogP contribution in [-0.2, 0) is 11.3 Å². The molecule has 1 N–H and O–H groups in total. The molecule has 0 aliphatic carbocycles. The molecule has 0 aromatic heterocycles. The molecule has 0 spiro atoms. The molecule has 0 saturated heterocycles. The first-order valence-corrected chi connectivity index (χ1v) is 7.36. The zero-order valence-electron chi connectivity index (χ0n) is 12.4. The van der Waals surface area contributed by atoms with Gasteiger partial charge in [0, 0.05) is 38.0 Å². The van der Waals surface area contributed by atoms with Gasteiger partial charge in [0.1, 0.15) is 0 Å². The number of para-hydroxylation sites is 1. The summed E-state index contributed by atoms with van der Waals surface area (Å²) >= 11 is 0. The lowest BCUT2D eigenvalue weighted by Crippen LogP contribution is -2.42. The van der Waals surface area contributed by atoms with Crippen molar-refractivity contribution >= 4 is 5.69 Å². The molecular formula is C16H26N2O. The third-order valence-electron chi connectivity index (χ3n) is 3.82. The summed E-state index contributed by atoms with van der Waals surface area (Å²) in [5, 5.41) is 3.68. The molecule has 1 aliphatic heterocycles. The summed E-state index contributed by atoms with van der Waals surface area (Å²) in [5.74, 6) is 0.643. The highest BCUT2D eigenvalue weighted by Gasteiger charge is 2.22. The molecule has 1 unspecified atom stereocenters. The first kappa shape index (κ1) is 14.4. The van der Waals surface area contributed by atoms with Crippen molar-refractivity contribution < 1.29 is 4.74 Å². The standard InChI is InChI=1S/C16H26N2O/c1-4-19-10-9-18-12-15(13(2)3)17-11-14-7-5-6-8-16(14)18/h5-8,13,15,17H,4,9-12H2,1-3H3. The second-order valence-corrected chi connectivity index (χ2v) is 5.50. The normalized spacial score (nSPS) is 19.4. The molecule has 1 aromatic carbocycles. The van der Waals surface area contributed by atoms with Gasteiger partial charge in [0.05, 0.1) is 6.61 Å². The second kappa shape index (κ2) is 6.92. The number of hydrogen-bond acceptors (Lipinski definition) is 3. The van der Waals surface area contributed by atoms with E-state index in [0.717, 1.165) is 32.8 Å². The van der Waals surface area contributed by atoms with Crippen LogP contribution in [0.25, 0.3) is 0 Å². The summed E-state index contributed by atoms with van der Waals surface area (Å²) in [4.78, 5) is 2.47. The van der Waals surface area contributed by atoms with Crippen molar-refractivity contribution in [2.75, 3.05) is 31.2 Å². The van der Waals surface area contributed by atoms with E-state index in [4.69, 9.17) is 4.74 Å². The molecule has 0 radical (unpaired) electrons. The number of benzene rings is 1. The predicted molar refractivity (Wildman–Crippen MR) is 80.6 cm³/mol. The molecule has 1 atom stereocenters. The maximum atomic E-state index is 5.53. The van der Waals surface area contributed by atoms with Crippen LogP contribution < -0.4 is 10.2 Å². The number of anilines is 1. The van der Waals surface area contributed by atoms with Crippen molar-refractivity contribution in [2.45, 2.75) is 33.4 Å². The van der Waals surface area contributed by atoms with Gasteiger partial charge in [-0.2, -0.15) is 0 Å². The summed E-state index contributed by atoms with van der Waals surface area (Å²) in [7, 11) is 0. The van der Waals surface area contributed by atoms with Gasteiger partial charge in [0.25, 0.3) is 0 Å².